The maximum absolute atomic E-state index is 12.2. The molecule has 0 saturated heterocycles. The topological polar surface area (TPSA) is 86.9 Å². The molecule has 6 nitrogen and oxygen atoms in total. The van der Waals surface area contributed by atoms with Crippen molar-refractivity contribution in [2.45, 2.75) is 31.3 Å². The van der Waals surface area contributed by atoms with Gasteiger partial charge < -0.3 is 10.3 Å². The first kappa shape index (κ1) is 15.7. The van der Waals surface area contributed by atoms with Crippen molar-refractivity contribution < 1.29 is 8.42 Å². The third kappa shape index (κ3) is 4.13. The van der Waals surface area contributed by atoms with Crippen LogP contribution >= 0.6 is 0 Å². The summed E-state index contributed by atoms with van der Waals surface area (Å²) < 4.78 is 26.9. The van der Waals surface area contributed by atoms with Crippen LogP contribution in [-0.4, -0.2) is 24.9 Å². The molecule has 0 spiro atoms. The average molecular weight is 308 g/mol. The highest BCUT2D eigenvalue weighted by molar-refractivity contribution is 7.89. The number of benzene rings is 1. The normalized spacial score (nSPS) is 13.2. The molecule has 0 aliphatic carbocycles. The van der Waals surface area contributed by atoms with E-state index in [9.17, 15) is 8.42 Å². The van der Waals surface area contributed by atoms with Crippen molar-refractivity contribution in [3.63, 3.8) is 0 Å². The number of imidazole rings is 1. The van der Waals surface area contributed by atoms with Crippen molar-refractivity contribution in [2.24, 2.45) is 0 Å². The first-order chi connectivity index (χ1) is 10.0. The summed E-state index contributed by atoms with van der Waals surface area (Å²) in [7, 11) is -3.51. The summed E-state index contributed by atoms with van der Waals surface area (Å²) in [6.07, 6.45) is 3.10. The van der Waals surface area contributed by atoms with Gasteiger partial charge in [-0.3, -0.25) is 0 Å². The molecule has 1 atom stereocenters. The minimum absolute atomic E-state index is 0.192. The van der Waals surface area contributed by atoms with E-state index in [1.165, 1.54) is 6.33 Å². The van der Waals surface area contributed by atoms with Crippen molar-refractivity contribution in [3.05, 3.63) is 48.0 Å². The number of nitrogens with zero attached hydrogens (tertiary/aromatic N) is 1. The molecule has 1 unspecified atom stereocenters. The molecular weight excluding hydrogens is 288 g/mol. The van der Waals surface area contributed by atoms with Gasteiger partial charge in [0.25, 0.3) is 0 Å². The molecule has 0 bridgehead atoms. The number of rotatable bonds is 7. The molecular formula is C14H20N4O2S. The molecule has 1 aromatic carbocycles. The molecule has 3 N–H and O–H groups in total. The number of nitrogens with one attached hydrogen (secondary N) is 3. The summed E-state index contributed by atoms with van der Waals surface area (Å²) >= 11 is 0. The third-order valence-corrected chi connectivity index (χ3v) is 4.63. The van der Waals surface area contributed by atoms with Gasteiger partial charge in [0.2, 0.25) is 10.0 Å². The Morgan fingerprint density at radius 2 is 2.00 bits per heavy atom. The Bertz CT molecular complexity index is 651. The Labute approximate surface area is 125 Å². The lowest BCUT2D eigenvalue weighted by atomic mass is 10.1. The first-order valence-corrected chi connectivity index (χ1v) is 8.31. The van der Waals surface area contributed by atoms with Gasteiger partial charge in [-0.25, -0.2) is 18.1 Å². The fourth-order valence-electron chi connectivity index (χ4n) is 2.00. The molecule has 0 radical (unpaired) electrons. The summed E-state index contributed by atoms with van der Waals surface area (Å²) in [5.41, 5.74) is 1.78. The van der Waals surface area contributed by atoms with Gasteiger partial charge in [-0.15, -0.1) is 0 Å². The van der Waals surface area contributed by atoms with Crippen LogP contribution in [0.3, 0.4) is 0 Å². The molecule has 7 heteroatoms. The zero-order valence-corrected chi connectivity index (χ0v) is 12.9. The van der Waals surface area contributed by atoms with Gasteiger partial charge in [-0.2, -0.15) is 0 Å². The Hall–Kier alpha value is -1.70. The Morgan fingerprint density at radius 3 is 2.57 bits per heavy atom. The second-order valence-electron chi connectivity index (χ2n) is 4.75. The second kappa shape index (κ2) is 6.84. The number of aromatic amines is 1. The largest absolute Gasteiger partial charge is 0.347 e. The molecule has 0 amide bonds. The lowest BCUT2D eigenvalue weighted by Crippen LogP contribution is -2.23. The molecule has 21 heavy (non-hydrogen) atoms. The molecule has 0 saturated carbocycles. The highest BCUT2D eigenvalue weighted by atomic mass is 32.2. The van der Waals surface area contributed by atoms with Crippen molar-refractivity contribution >= 4 is 10.0 Å². The maximum Gasteiger partial charge on any atom is 0.240 e. The van der Waals surface area contributed by atoms with Gasteiger partial charge in [0.15, 0.2) is 0 Å². The predicted octanol–water partition coefficient (Wildman–Crippen LogP) is 1.56. The van der Waals surface area contributed by atoms with Crippen LogP contribution in [-0.2, 0) is 16.6 Å². The Balaban J connectivity index is 2.06. The number of H-pyrrole nitrogens is 1. The highest BCUT2D eigenvalue weighted by Gasteiger charge is 2.14. The summed E-state index contributed by atoms with van der Waals surface area (Å²) in [6.45, 7) is 5.14. The fraction of sp³-hybridized carbons (Fsp3) is 0.357. The van der Waals surface area contributed by atoms with Crippen LogP contribution in [0.25, 0.3) is 0 Å². The molecule has 0 fully saturated rings. The third-order valence-electron chi connectivity index (χ3n) is 3.21. The van der Waals surface area contributed by atoms with Crippen LogP contribution in [0.1, 0.15) is 31.1 Å². The SMILES string of the molecule is CCNC(C)c1ccc(S(=O)(=O)NCc2cnc[nH]2)cc1. The smallest absolute Gasteiger partial charge is 0.240 e. The van der Waals surface area contributed by atoms with Gasteiger partial charge in [-0.1, -0.05) is 19.1 Å². The average Bonchev–Trinajstić information content (AvgIpc) is 2.99. The van der Waals surface area contributed by atoms with Crippen LogP contribution in [0.15, 0.2) is 41.7 Å². The van der Waals surface area contributed by atoms with Gasteiger partial charge in [0.05, 0.1) is 17.8 Å². The predicted molar refractivity (Wildman–Crippen MR) is 81.1 cm³/mol. The number of hydrogen-bond acceptors (Lipinski definition) is 4. The van der Waals surface area contributed by atoms with Crippen LogP contribution < -0.4 is 10.0 Å². The van der Waals surface area contributed by atoms with E-state index in [1.807, 2.05) is 26.0 Å². The van der Waals surface area contributed by atoms with Crippen LogP contribution in [0.2, 0.25) is 0 Å². The van der Waals surface area contributed by atoms with Crippen LogP contribution in [0.5, 0.6) is 0 Å². The van der Waals surface area contributed by atoms with Crippen LogP contribution in [0.4, 0.5) is 0 Å². The number of aromatic nitrogens is 2. The minimum Gasteiger partial charge on any atom is -0.347 e. The van der Waals surface area contributed by atoms with E-state index >= 15 is 0 Å². The first-order valence-electron chi connectivity index (χ1n) is 6.83. The van der Waals surface area contributed by atoms with Gasteiger partial charge >= 0.3 is 0 Å². The van der Waals surface area contributed by atoms with Gasteiger partial charge in [0, 0.05) is 17.9 Å². The molecule has 114 valence electrons. The van der Waals surface area contributed by atoms with E-state index in [2.05, 4.69) is 20.0 Å². The molecule has 0 aliphatic rings. The second-order valence-corrected chi connectivity index (χ2v) is 6.52. The summed E-state index contributed by atoms with van der Waals surface area (Å²) in [5.74, 6) is 0. The van der Waals surface area contributed by atoms with E-state index in [0.717, 1.165) is 17.8 Å². The van der Waals surface area contributed by atoms with Crippen molar-refractivity contribution in [1.29, 1.82) is 0 Å². The van der Waals surface area contributed by atoms with Crippen LogP contribution in [0, 0.1) is 0 Å². The summed E-state index contributed by atoms with van der Waals surface area (Å²) in [5, 5.41) is 3.29. The zero-order chi connectivity index (χ0) is 15.3. The highest BCUT2D eigenvalue weighted by Crippen LogP contribution is 2.16. The van der Waals surface area contributed by atoms with Crippen molar-refractivity contribution in [1.82, 2.24) is 20.0 Å². The zero-order valence-electron chi connectivity index (χ0n) is 12.1. The van der Waals surface area contributed by atoms with E-state index in [4.69, 9.17) is 0 Å². The monoisotopic (exact) mass is 308 g/mol. The molecule has 1 heterocycles. The maximum atomic E-state index is 12.2. The molecule has 0 aliphatic heterocycles. The summed E-state index contributed by atoms with van der Waals surface area (Å²) in [4.78, 5) is 6.96. The lowest BCUT2D eigenvalue weighted by molar-refractivity contribution is 0.579. The number of hydrogen-bond donors (Lipinski definition) is 3. The van der Waals surface area contributed by atoms with E-state index in [1.54, 1.807) is 18.3 Å². The standard InChI is InChI=1S/C14H20N4O2S/c1-3-16-11(2)12-4-6-14(7-5-12)21(19,20)18-9-13-8-15-10-17-13/h4-8,10-11,16,18H,3,9H2,1-2H3,(H,15,17). The lowest BCUT2D eigenvalue weighted by Gasteiger charge is -2.13. The van der Waals surface area contributed by atoms with Gasteiger partial charge in [-0.05, 0) is 31.2 Å². The van der Waals surface area contributed by atoms with Crippen molar-refractivity contribution in [3.8, 4) is 0 Å². The quantitative estimate of drug-likeness (QED) is 0.724. The van der Waals surface area contributed by atoms with Gasteiger partial charge in [0.1, 0.15) is 0 Å². The molecule has 2 aromatic rings. The van der Waals surface area contributed by atoms with E-state index in [0.29, 0.717) is 0 Å². The minimum atomic E-state index is -3.51. The molecule has 2 rings (SSSR count). The Kier molecular flexibility index (Phi) is 5.11. The Morgan fingerprint density at radius 1 is 1.29 bits per heavy atom. The van der Waals surface area contributed by atoms with E-state index < -0.39 is 10.0 Å². The summed E-state index contributed by atoms with van der Waals surface area (Å²) in [6, 6.07) is 7.11. The van der Waals surface area contributed by atoms with Crippen molar-refractivity contribution in [2.75, 3.05) is 6.54 Å². The fourth-order valence-corrected chi connectivity index (χ4v) is 3.00. The van der Waals surface area contributed by atoms with E-state index in [-0.39, 0.29) is 17.5 Å². The number of sulfonamides is 1. The molecule has 1 aromatic heterocycles.